The summed E-state index contributed by atoms with van der Waals surface area (Å²) in [5.74, 6) is -2.83. The third-order valence-electron chi connectivity index (χ3n) is 4.14. The molecule has 3 amide bonds. The largest absolute Gasteiger partial charge is 0.465 e. The first-order valence-corrected chi connectivity index (χ1v) is 10.6. The lowest BCUT2D eigenvalue weighted by atomic mass is 10.1. The fourth-order valence-electron chi connectivity index (χ4n) is 2.76. The molecule has 12 nitrogen and oxygen atoms in total. The second kappa shape index (κ2) is 9.18. The van der Waals surface area contributed by atoms with Crippen LogP contribution in [0, 0.1) is 10.1 Å². The van der Waals surface area contributed by atoms with Crippen LogP contribution < -0.4 is 5.32 Å². The molecule has 1 N–H and O–H groups in total. The number of ether oxygens (including phenoxy) is 1. The quantitative estimate of drug-likeness (QED) is 0.152. The SMILES string of the molecule is CCOC(=O)CSc1nnc(NC(=O)[C@H](C)N2C(=O)c3cccc([N+](=O)[O-])c3C2=O)s1. The molecule has 0 aliphatic carbocycles. The Hall–Kier alpha value is -3.39. The molecule has 1 aliphatic heterocycles. The predicted octanol–water partition coefficient (Wildman–Crippen LogP) is 1.72. The average Bonchev–Trinajstić information content (AvgIpc) is 3.28. The van der Waals surface area contributed by atoms with Gasteiger partial charge in [0, 0.05) is 6.07 Å². The molecule has 31 heavy (non-hydrogen) atoms. The normalized spacial score (nSPS) is 13.7. The zero-order valence-corrected chi connectivity index (χ0v) is 17.8. The molecule has 2 heterocycles. The van der Waals surface area contributed by atoms with Crippen molar-refractivity contribution in [3.05, 3.63) is 39.4 Å². The van der Waals surface area contributed by atoms with Gasteiger partial charge in [-0.05, 0) is 19.9 Å². The van der Waals surface area contributed by atoms with Crippen molar-refractivity contribution in [1.29, 1.82) is 0 Å². The monoisotopic (exact) mass is 465 g/mol. The Labute approximate surface area is 183 Å². The Bertz CT molecular complexity index is 1090. The van der Waals surface area contributed by atoms with Crippen LogP contribution in [0.25, 0.3) is 0 Å². The Morgan fingerprint density at radius 1 is 1.32 bits per heavy atom. The van der Waals surface area contributed by atoms with Gasteiger partial charge in [0.05, 0.1) is 22.8 Å². The lowest BCUT2D eigenvalue weighted by Gasteiger charge is -2.20. The van der Waals surface area contributed by atoms with Gasteiger partial charge in [-0.15, -0.1) is 10.2 Å². The molecular formula is C17H15N5O7S2. The van der Waals surface area contributed by atoms with E-state index in [1.54, 1.807) is 6.92 Å². The smallest absolute Gasteiger partial charge is 0.316 e. The van der Waals surface area contributed by atoms with E-state index in [0.717, 1.165) is 29.2 Å². The maximum atomic E-state index is 12.7. The number of carbonyl (C=O) groups excluding carboxylic acids is 4. The Morgan fingerprint density at radius 2 is 2.06 bits per heavy atom. The van der Waals surface area contributed by atoms with E-state index in [0.29, 0.717) is 9.24 Å². The molecule has 162 valence electrons. The van der Waals surface area contributed by atoms with Gasteiger partial charge in [0.1, 0.15) is 11.6 Å². The van der Waals surface area contributed by atoms with Gasteiger partial charge in [0.25, 0.3) is 17.5 Å². The summed E-state index contributed by atoms with van der Waals surface area (Å²) in [6.07, 6.45) is 0. The number of imide groups is 1. The number of benzene rings is 1. The minimum Gasteiger partial charge on any atom is -0.465 e. The van der Waals surface area contributed by atoms with Crippen molar-refractivity contribution >= 4 is 57.6 Å². The maximum absolute atomic E-state index is 12.7. The van der Waals surface area contributed by atoms with Gasteiger partial charge in [0.15, 0.2) is 4.34 Å². The van der Waals surface area contributed by atoms with E-state index < -0.39 is 40.3 Å². The minimum absolute atomic E-state index is 0.0284. The molecule has 0 fully saturated rings. The van der Waals surface area contributed by atoms with Gasteiger partial charge in [-0.2, -0.15) is 0 Å². The van der Waals surface area contributed by atoms with Crippen LogP contribution in [0.2, 0.25) is 0 Å². The molecule has 14 heteroatoms. The summed E-state index contributed by atoms with van der Waals surface area (Å²) in [6, 6.07) is 2.46. The number of thioether (sulfide) groups is 1. The Kier molecular flexibility index (Phi) is 6.60. The van der Waals surface area contributed by atoms with Crippen LogP contribution in [0.4, 0.5) is 10.8 Å². The van der Waals surface area contributed by atoms with Crippen molar-refractivity contribution in [3.63, 3.8) is 0 Å². The van der Waals surface area contributed by atoms with Crippen molar-refractivity contribution in [2.45, 2.75) is 24.2 Å². The highest BCUT2D eigenvalue weighted by atomic mass is 32.2. The summed E-state index contributed by atoms with van der Waals surface area (Å²) in [7, 11) is 0. The van der Waals surface area contributed by atoms with Crippen LogP contribution in [0.3, 0.4) is 0 Å². The van der Waals surface area contributed by atoms with Gasteiger partial charge >= 0.3 is 5.97 Å². The summed E-state index contributed by atoms with van der Waals surface area (Å²) in [6.45, 7) is 3.27. The Balaban J connectivity index is 1.69. The maximum Gasteiger partial charge on any atom is 0.316 e. The van der Waals surface area contributed by atoms with Gasteiger partial charge in [0.2, 0.25) is 11.0 Å². The van der Waals surface area contributed by atoms with E-state index in [4.69, 9.17) is 4.74 Å². The van der Waals surface area contributed by atoms with Gasteiger partial charge in [-0.1, -0.05) is 29.2 Å². The topological polar surface area (TPSA) is 162 Å². The zero-order valence-electron chi connectivity index (χ0n) is 16.2. The first-order valence-electron chi connectivity index (χ1n) is 8.82. The molecule has 3 rings (SSSR count). The number of amides is 3. The molecule has 0 unspecified atom stereocenters. The second-order valence-electron chi connectivity index (χ2n) is 6.07. The molecule has 1 atom stereocenters. The number of rotatable bonds is 8. The highest BCUT2D eigenvalue weighted by Crippen LogP contribution is 2.32. The van der Waals surface area contributed by atoms with E-state index >= 15 is 0 Å². The lowest BCUT2D eigenvalue weighted by molar-refractivity contribution is -0.385. The van der Waals surface area contributed by atoms with Crippen molar-refractivity contribution in [2.24, 2.45) is 0 Å². The molecule has 0 saturated carbocycles. The standard InChI is InChI=1S/C17H15N5O7S2/c1-3-29-11(23)7-30-17-20-19-16(31-17)18-13(24)8(2)21-14(25)9-5-4-6-10(22(27)28)12(9)15(21)26/h4-6,8H,3,7H2,1-2H3,(H,18,19,24)/t8-/m0/s1. The Morgan fingerprint density at radius 3 is 2.74 bits per heavy atom. The summed E-state index contributed by atoms with van der Waals surface area (Å²) >= 11 is 2.08. The first-order chi connectivity index (χ1) is 14.7. The molecule has 1 aromatic heterocycles. The first kappa shape index (κ1) is 22.3. The third kappa shape index (κ3) is 4.54. The number of esters is 1. The van der Waals surface area contributed by atoms with Gasteiger partial charge in [-0.25, -0.2) is 0 Å². The van der Waals surface area contributed by atoms with E-state index in [9.17, 15) is 29.3 Å². The third-order valence-corrected chi connectivity index (χ3v) is 6.09. The van der Waals surface area contributed by atoms with Crippen LogP contribution in [-0.2, 0) is 14.3 Å². The number of aromatic nitrogens is 2. The van der Waals surface area contributed by atoms with E-state index in [2.05, 4.69) is 15.5 Å². The number of nitro benzene ring substituents is 1. The number of carbonyl (C=O) groups is 4. The molecular weight excluding hydrogens is 450 g/mol. The van der Waals surface area contributed by atoms with E-state index in [1.165, 1.54) is 19.1 Å². The van der Waals surface area contributed by atoms with Crippen LogP contribution in [0.1, 0.15) is 34.6 Å². The zero-order chi connectivity index (χ0) is 22.7. The number of hydrogen-bond acceptors (Lipinski definition) is 11. The fourth-order valence-corrected chi connectivity index (χ4v) is 4.31. The molecule has 0 spiro atoms. The van der Waals surface area contributed by atoms with Gasteiger partial charge in [-0.3, -0.25) is 39.5 Å². The highest BCUT2D eigenvalue weighted by Gasteiger charge is 2.45. The fraction of sp³-hybridized carbons (Fsp3) is 0.294. The minimum atomic E-state index is -1.26. The number of hydrogen-bond donors (Lipinski definition) is 1. The molecule has 0 saturated heterocycles. The number of nitro groups is 1. The lowest BCUT2D eigenvalue weighted by Crippen LogP contribution is -2.45. The van der Waals surface area contributed by atoms with Crippen molar-refractivity contribution in [2.75, 3.05) is 17.7 Å². The summed E-state index contributed by atoms with van der Waals surface area (Å²) in [5.41, 5.74) is -0.975. The number of anilines is 1. The molecule has 2 aromatic rings. The number of fused-ring (bicyclic) bond motifs is 1. The van der Waals surface area contributed by atoms with Crippen LogP contribution in [0.15, 0.2) is 22.5 Å². The summed E-state index contributed by atoms with van der Waals surface area (Å²) in [5, 5.41) is 21.4. The molecule has 1 aliphatic rings. The highest BCUT2D eigenvalue weighted by molar-refractivity contribution is 8.01. The summed E-state index contributed by atoms with van der Waals surface area (Å²) in [4.78, 5) is 60.4. The number of nitrogens with one attached hydrogen (secondary N) is 1. The van der Waals surface area contributed by atoms with E-state index in [1.807, 2.05) is 0 Å². The molecule has 0 bridgehead atoms. The molecule has 1 aromatic carbocycles. The van der Waals surface area contributed by atoms with E-state index in [-0.39, 0.29) is 28.6 Å². The average molecular weight is 465 g/mol. The van der Waals surface area contributed by atoms with Crippen LogP contribution in [-0.4, -0.2) is 62.1 Å². The van der Waals surface area contributed by atoms with Gasteiger partial charge < -0.3 is 4.74 Å². The molecule has 0 radical (unpaired) electrons. The van der Waals surface area contributed by atoms with Crippen LogP contribution in [0.5, 0.6) is 0 Å². The van der Waals surface area contributed by atoms with Crippen molar-refractivity contribution in [3.8, 4) is 0 Å². The predicted molar refractivity (Wildman–Crippen MR) is 109 cm³/mol. The van der Waals surface area contributed by atoms with Crippen molar-refractivity contribution < 1.29 is 28.8 Å². The number of nitrogens with zero attached hydrogens (tertiary/aromatic N) is 4. The van der Waals surface area contributed by atoms with Crippen molar-refractivity contribution in [1.82, 2.24) is 15.1 Å². The second-order valence-corrected chi connectivity index (χ2v) is 8.27. The summed E-state index contributed by atoms with van der Waals surface area (Å²) < 4.78 is 5.22. The van der Waals surface area contributed by atoms with Crippen LogP contribution >= 0.6 is 23.1 Å².